The van der Waals surface area contributed by atoms with Crippen LogP contribution in [-0.4, -0.2) is 43.8 Å². The van der Waals surface area contributed by atoms with Gasteiger partial charge in [0.25, 0.3) is 10.0 Å². The van der Waals surface area contributed by atoms with E-state index in [1.807, 2.05) is 27.7 Å². The fourth-order valence-corrected chi connectivity index (χ4v) is 5.91. The number of nitrogens with zero attached hydrogens (tertiary/aromatic N) is 2. The molecule has 0 saturated carbocycles. The molecule has 0 fully saturated rings. The number of amides is 2. The van der Waals surface area contributed by atoms with Gasteiger partial charge in [-0.2, -0.15) is 0 Å². The van der Waals surface area contributed by atoms with Crippen molar-refractivity contribution in [3.8, 4) is 0 Å². The average Bonchev–Trinajstić information content (AvgIpc) is 2.94. The number of carbonyl (C=O) groups excluding carboxylic acids is 2. The van der Waals surface area contributed by atoms with Gasteiger partial charge in [0.05, 0.1) is 20.6 Å². The van der Waals surface area contributed by atoms with Crippen LogP contribution in [0, 0.1) is 6.92 Å². The first kappa shape index (κ1) is 31.5. The third-order valence-corrected chi connectivity index (χ3v) is 9.18. The lowest BCUT2D eigenvalue weighted by atomic mass is 10.1. The van der Waals surface area contributed by atoms with Gasteiger partial charge in [-0.1, -0.05) is 79.0 Å². The molecule has 10 heteroatoms. The van der Waals surface area contributed by atoms with Gasteiger partial charge in [-0.3, -0.25) is 13.9 Å². The number of hydrogen-bond donors (Lipinski definition) is 1. The molecule has 2 unspecified atom stereocenters. The standard InChI is InChI=1S/C30H35Cl2N3O4S/c1-5-22(4)33-30(37)28(6-2)34(19-23-14-17-26(31)27(32)18-23)29(36)20-35(24-15-12-21(3)13-16-24)40(38,39)25-10-8-7-9-11-25/h7-18,22,28H,5-6,19-20H2,1-4H3,(H,33,37). The summed E-state index contributed by atoms with van der Waals surface area (Å²) in [7, 11) is -4.11. The molecular weight excluding hydrogens is 569 g/mol. The summed E-state index contributed by atoms with van der Waals surface area (Å²) in [6.07, 6.45) is 1.05. The van der Waals surface area contributed by atoms with Gasteiger partial charge in [-0.05, 0) is 68.7 Å². The maximum Gasteiger partial charge on any atom is 0.264 e. The molecule has 3 rings (SSSR count). The summed E-state index contributed by atoms with van der Waals surface area (Å²) < 4.78 is 28.7. The maximum atomic E-state index is 14.1. The van der Waals surface area contributed by atoms with Gasteiger partial charge < -0.3 is 10.2 Å². The van der Waals surface area contributed by atoms with E-state index in [1.54, 1.807) is 60.7 Å². The minimum absolute atomic E-state index is 0.0370. The molecule has 1 N–H and O–H groups in total. The van der Waals surface area contributed by atoms with Crippen LogP contribution in [0.4, 0.5) is 5.69 Å². The number of anilines is 1. The maximum absolute atomic E-state index is 14.1. The van der Waals surface area contributed by atoms with E-state index >= 15 is 0 Å². The van der Waals surface area contributed by atoms with Crippen molar-refractivity contribution in [1.82, 2.24) is 10.2 Å². The summed E-state index contributed by atoms with van der Waals surface area (Å²) in [5.41, 5.74) is 1.95. The molecule has 2 atom stereocenters. The molecule has 0 aliphatic heterocycles. The second-order valence-corrected chi connectivity index (χ2v) is 12.3. The molecule has 3 aromatic rings. The zero-order valence-electron chi connectivity index (χ0n) is 23.1. The highest BCUT2D eigenvalue weighted by molar-refractivity contribution is 7.92. The largest absolute Gasteiger partial charge is 0.352 e. The van der Waals surface area contributed by atoms with Crippen molar-refractivity contribution >= 4 is 50.7 Å². The predicted molar refractivity (Wildman–Crippen MR) is 161 cm³/mol. The van der Waals surface area contributed by atoms with Gasteiger partial charge in [0.1, 0.15) is 12.6 Å². The monoisotopic (exact) mass is 603 g/mol. The van der Waals surface area contributed by atoms with E-state index in [2.05, 4.69) is 5.32 Å². The smallest absolute Gasteiger partial charge is 0.264 e. The first-order chi connectivity index (χ1) is 19.0. The summed E-state index contributed by atoms with van der Waals surface area (Å²) in [4.78, 5) is 28.9. The average molecular weight is 605 g/mol. The second-order valence-electron chi connectivity index (χ2n) is 9.67. The summed E-state index contributed by atoms with van der Waals surface area (Å²) >= 11 is 12.3. The first-order valence-corrected chi connectivity index (χ1v) is 15.4. The van der Waals surface area contributed by atoms with E-state index in [9.17, 15) is 18.0 Å². The van der Waals surface area contributed by atoms with Crippen LogP contribution in [0.5, 0.6) is 0 Å². The number of hydrogen-bond acceptors (Lipinski definition) is 4. The molecule has 0 spiro atoms. The van der Waals surface area contributed by atoms with Crippen LogP contribution >= 0.6 is 23.2 Å². The number of benzene rings is 3. The molecule has 3 aromatic carbocycles. The van der Waals surface area contributed by atoms with Crippen LogP contribution in [-0.2, 0) is 26.2 Å². The summed E-state index contributed by atoms with van der Waals surface area (Å²) in [5, 5.41) is 3.64. The van der Waals surface area contributed by atoms with Crippen LogP contribution in [0.2, 0.25) is 10.0 Å². The lowest BCUT2D eigenvalue weighted by molar-refractivity contribution is -0.140. The van der Waals surface area contributed by atoms with E-state index in [1.165, 1.54) is 17.0 Å². The molecule has 0 aliphatic rings. The Kier molecular flexibility index (Phi) is 11.0. The van der Waals surface area contributed by atoms with Crippen molar-refractivity contribution in [3.05, 3.63) is 94.0 Å². The Bertz CT molecular complexity index is 1420. The van der Waals surface area contributed by atoms with Crippen molar-refractivity contribution in [1.29, 1.82) is 0 Å². The van der Waals surface area contributed by atoms with Crippen LogP contribution in [0.15, 0.2) is 77.7 Å². The van der Waals surface area contributed by atoms with Gasteiger partial charge in [0.15, 0.2) is 0 Å². The third-order valence-electron chi connectivity index (χ3n) is 6.66. The molecule has 214 valence electrons. The molecule has 0 heterocycles. The van der Waals surface area contributed by atoms with Gasteiger partial charge in [0.2, 0.25) is 11.8 Å². The van der Waals surface area contributed by atoms with Crippen molar-refractivity contribution in [3.63, 3.8) is 0 Å². The normalized spacial score (nSPS) is 12.8. The lowest BCUT2D eigenvalue weighted by Crippen LogP contribution is -2.53. The molecule has 2 amide bonds. The fourth-order valence-electron chi connectivity index (χ4n) is 4.15. The van der Waals surface area contributed by atoms with E-state index in [0.29, 0.717) is 27.7 Å². The van der Waals surface area contributed by atoms with Crippen LogP contribution < -0.4 is 9.62 Å². The van der Waals surface area contributed by atoms with E-state index in [-0.39, 0.29) is 23.4 Å². The molecular formula is C30H35Cl2N3O4S. The van der Waals surface area contributed by atoms with Gasteiger partial charge in [-0.15, -0.1) is 0 Å². The second kappa shape index (κ2) is 14.0. The topological polar surface area (TPSA) is 86.8 Å². The van der Waals surface area contributed by atoms with Gasteiger partial charge in [-0.25, -0.2) is 8.42 Å². The number of aryl methyl sites for hydroxylation is 1. The van der Waals surface area contributed by atoms with Gasteiger partial charge in [0, 0.05) is 12.6 Å². The predicted octanol–water partition coefficient (Wildman–Crippen LogP) is 6.22. The summed E-state index contributed by atoms with van der Waals surface area (Å²) in [6, 6.07) is 18.9. The zero-order valence-corrected chi connectivity index (χ0v) is 25.4. The molecule has 40 heavy (non-hydrogen) atoms. The zero-order chi connectivity index (χ0) is 29.4. The minimum Gasteiger partial charge on any atom is -0.352 e. The van der Waals surface area contributed by atoms with Gasteiger partial charge >= 0.3 is 0 Å². The SMILES string of the molecule is CCC(C)NC(=O)C(CC)N(Cc1ccc(Cl)c(Cl)c1)C(=O)CN(c1ccc(C)cc1)S(=O)(=O)c1ccccc1. The number of rotatable bonds is 12. The molecule has 0 aromatic heterocycles. The van der Waals surface area contributed by atoms with E-state index in [0.717, 1.165) is 16.3 Å². The first-order valence-electron chi connectivity index (χ1n) is 13.2. The number of halogens is 2. The summed E-state index contributed by atoms with van der Waals surface area (Å²) in [6.45, 7) is 7.09. The number of nitrogens with one attached hydrogen (secondary N) is 1. The Morgan fingerprint density at radius 2 is 1.55 bits per heavy atom. The minimum atomic E-state index is -4.11. The Morgan fingerprint density at radius 3 is 2.12 bits per heavy atom. The van der Waals surface area contributed by atoms with Crippen molar-refractivity contribution in [2.45, 2.75) is 64.1 Å². The molecule has 0 bridgehead atoms. The van der Waals surface area contributed by atoms with Crippen LogP contribution in [0.3, 0.4) is 0 Å². The Morgan fingerprint density at radius 1 is 0.900 bits per heavy atom. The van der Waals surface area contributed by atoms with Crippen LogP contribution in [0.25, 0.3) is 0 Å². The van der Waals surface area contributed by atoms with E-state index < -0.39 is 28.5 Å². The Balaban J connectivity index is 2.06. The fraction of sp³-hybridized carbons (Fsp3) is 0.333. The molecule has 0 saturated heterocycles. The van der Waals surface area contributed by atoms with Crippen molar-refractivity contribution in [2.75, 3.05) is 10.8 Å². The highest BCUT2D eigenvalue weighted by Gasteiger charge is 2.34. The molecule has 0 radical (unpaired) electrons. The number of sulfonamides is 1. The van der Waals surface area contributed by atoms with E-state index in [4.69, 9.17) is 23.2 Å². The third kappa shape index (κ3) is 7.77. The Hall–Kier alpha value is -3.07. The highest BCUT2D eigenvalue weighted by atomic mass is 35.5. The van der Waals surface area contributed by atoms with Crippen LogP contribution in [0.1, 0.15) is 44.7 Å². The quantitative estimate of drug-likeness (QED) is 0.266. The van der Waals surface area contributed by atoms with Crippen molar-refractivity contribution in [2.24, 2.45) is 0 Å². The number of carbonyl (C=O) groups is 2. The Labute approximate surface area is 247 Å². The summed E-state index contributed by atoms with van der Waals surface area (Å²) in [5.74, 6) is -0.838. The van der Waals surface area contributed by atoms with Crippen molar-refractivity contribution < 1.29 is 18.0 Å². The molecule has 0 aliphatic carbocycles. The lowest BCUT2D eigenvalue weighted by Gasteiger charge is -2.33. The highest BCUT2D eigenvalue weighted by Crippen LogP contribution is 2.27. The molecule has 7 nitrogen and oxygen atoms in total.